The lowest BCUT2D eigenvalue weighted by Gasteiger charge is -2.19. The van der Waals surface area contributed by atoms with Gasteiger partial charge in [0.1, 0.15) is 5.82 Å². The predicted octanol–water partition coefficient (Wildman–Crippen LogP) is 4.81. The highest BCUT2D eigenvalue weighted by atomic mass is 35.5. The molecule has 1 nitrogen and oxygen atoms in total. The average molecular weight is 318 g/mol. The number of hydrogen-bond acceptors (Lipinski definition) is 1. The van der Waals surface area contributed by atoms with Crippen molar-refractivity contribution in [3.63, 3.8) is 0 Å². The molecule has 112 valence electrons. The molecule has 0 radical (unpaired) electrons. The van der Waals surface area contributed by atoms with Crippen LogP contribution in [0.1, 0.15) is 22.7 Å². The van der Waals surface area contributed by atoms with E-state index in [1.54, 1.807) is 7.05 Å². The predicted molar refractivity (Wildman–Crippen MR) is 73.8 cm³/mol. The standard InChI is InChI=1S/C15H12ClF4N/c1-21-14(12-7-6-11(17)8-13(12)16)9-2-4-10(5-3-9)15(18,19)20/h2-8,14,21H,1H3. The minimum absolute atomic E-state index is 0.217. The minimum Gasteiger partial charge on any atom is -0.309 e. The summed E-state index contributed by atoms with van der Waals surface area (Å²) in [6.45, 7) is 0. The fraction of sp³-hybridized carbons (Fsp3) is 0.200. The molecule has 2 rings (SSSR count). The molecule has 0 bridgehead atoms. The maximum absolute atomic E-state index is 13.1. The van der Waals surface area contributed by atoms with Crippen molar-refractivity contribution in [1.29, 1.82) is 0 Å². The smallest absolute Gasteiger partial charge is 0.309 e. The summed E-state index contributed by atoms with van der Waals surface area (Å²) in [5.74, 6) is -0.467. The number of hydrogen-bond donors (Lipinski definition) is 1. The molecule has 0 fully saturated rings. The second kappa shape index (κ2) is 6.03. The molecule has 0 aromatic heterocycles. The van der Waals surface area contributed by atoms with Gasteiger partial charge >= 0.3 is 6.18 Å². The van der Waals surface area contributed by atoms with E-state index in [-0.39, 0.29) is 5.02 Å². The van der Waals surface area contributed by atoms with E-state index in [2.05, 4.69) is 5.32 Å². The molecule has 1 N–H and O–H groups in total. The van der Waals surface area contributed by atoms with Gasteiger partial charge in [-0.15, -0.1) is 0 Å². The molecule has 0 amide bonds. The van der Waals surface area contributed by atoms with Crippen LogP contribution in [0.5, 0.6) is 0 Å². The van der Waals surface area contributed by atoms with Gasteiger partial charge in [0.25, 0.3) is 0 Å². The highest BCUT2D eigenvalue weighted by Crippen LogP contribution is 2.32. The van der Waals surface area contributed by atoms with Crippen molar-refractivity contribution in [2.24, 2.45) is 0 Å². The van der Waals surface area contributed by atoms with Gasteiger partial charge in [-0.1, -0.05) is 29.8 Å². The van der Waals surface area contributed by atoms with Crippen molar-refractivity contribution in [1.82, 2.24) is 5.32 Å². The Morgan fingerprint density at radius 1 is 1.05 bits per heavy atom. The van der Waals surface area contributed by atoms with Gasteiger partial charge in [-0.25, -0.2) is 4.39 Å². The highest BCUT2D eigenvalue weighted by Gasteiger charge is 2.30. The monoisotopic (exact) mass is 317 g/mol. The number of halogens is 5. The van der Waals surface area contributed by atoms with Gasteiger partial charge in [-0.05, 0) is 42.4 Å². The average Bonchev–Trinajstić information content (AvgIpc) is 2.41. The number of rotatable bonds is 3. The number of benzene rings is 2. The van der Waals surface area contributed by atoms with E-state index < -0.39 is 23.6 Å². The third-order valence-electron chi connectivity index (χ3n) is 3.13. The van der Waals surface area contributed by atoms with Crippen LogP contribution in [0.15, 0.2) is 42.5 Å². The summed E-state index contributed by atoms with van der Waals surface area (Å²) in [5.41, 5.74) is 0.491. The van der Waals surface area contributed by atoms with Gasteiger partial charge in [0.05, 0.1) is 11.6 Å². The fourth-order valence-electron chi connectivity index (χ4n) is 2.10. The molecule has 0 heterocycles. The minimum atomic E-state index is -4.37. The van der Waals surface area contributed by atoms with Gasteiger partial charge in [-0.3, -0.25) is 0 Å². The quantitative estimate of drug-likeness (QED) is 0.801. The Morgan fingerprint density at radius 2 is 1.67 bits per heavy atom. The molecule has 1 atom stereocenters. The summed E-state index contributed by atoms with van der Waals surface area (Å²) >= 11 is 6.00. The van der Waals surface area contributed by atoms with E-state index >= 15 is 0 Å². The summed E-state index contributed by atoms with van der Waals surface area (Å²) in [6.07, 6.45) is -4.37. The van der Waals surface area contributed by atoms with Crippen LogP contribution in [0.2, 0.25) is 5.02 Å². The maximum atomic E-state index is 13.1. The van der Waals surface area contributed by atoms with Crippen molar-refractivity contribution in [2.75, 3.05) is 7.05 Å². The van der Waals surface area contributed by atoms with Gasteiger partial charge < -0.3 is 5.32 Å². The molecule has 0 aliphatic carbocycles. The first-order valence-corrected chi connectivity index (χ1v) is 6.50. The molecule has 2 aromatic carbocycles. The van der Waals surface area contributed by atoms with Gasteiger partial charge in [0.2, 0.25) is 0 Å². The van der Waals surface area contributed by atoms with Gasteiger partial charge in [0.15, 0.2) is 0 Å². The van der Waals surface area contributed by atoms with Crippen LogP contribution in [0.3, 0.4) is 0 Å². The molecule has 0 saturated carbocycles. The molecule has 1 unspecified atom stereocenters. The Morgan fingerprint density at radius 3 is 2.14 bits per heavy atom. The Bertz CT molecular complexity index is 623. The normalized spacial score (nSPS) is 13.2. The Kier molecular flexibility index (Phi) is 4.54. The summed E-state index contributed by atoms with van der Waals surface area (Å²) in [7, 11) is 1.65. The lowest BCUT2D eigenvalue weighted by atomic mass is 9.97. The van der Waals surface area contributed by atoms with E-state index in [1.807, 2.05) is 0 Å². The fourth-order valence-corrected chi connectivity index (χ4v) is 2.38. The number of nitrogens with one attached hydrogen (secondary N) is 1. The maximum Gasteiger partial charge on any atom is 0.416 e. The zero-order chi connectivity index (χ0) is 15.6. The van der Waals surface area contributed by atoms with Crippen molar-refractivity contribution in [3.8, 4) is 0 Å². The second-order valence-electron chi connectivity index (χ2n) is 4.51. The largest absolute Gasteiger partial charge is 0.416 e. The van der Waals surface area contributed by atoms with Crippen molar-refractivity contribution < 1.29 is 17.6 Å². The molecule has 0 aliphatic heterocycles. The Balaban J connectivity index is 2.37. The molecule has 2 aromatic rings. The molecule has 21 heavy (non-hydrogen) atoms. The first-order chi connectivity index (χ1) is 9.82. The third kappa shape index (κ3) is 3.54. The molecular formula is C15H12ClF4N. The summed E-state index contributed by atoms with van der Waals surface area (Å²) < 4.78 is 50.7. The molecular weight excluding hydrogens is 306 g/mol. The van der Waals surface area contributed by atoms with Crippen LogP contribution < -0.4 is 5.32 Å². The number of alkyl halides is 3. The van der Waals surface area contributed by atoms with Gasteiger partial charge in [0, 0.05) is 5.02 Å². The molecule has 0 spiro atoms. The first-order valence-electron chi connectivity index (χ1n) is 6.12. The van der Waals surface area contributed by atoms with Crippen LogP contribution in [0, 0.1) is 5.82 Å². The zero-order valence-electron chi connectivity index (χ0n) is 11.0. The molecule has 6 heteroatoms. The topological polar surface area (TPSA) is 12.0 Å². The van der Waals surface area contributed by atoms with E-state index in [4.69, 9.17) is 11.6 Å². The molecule has 0 saturated heterocycles. The third-order valence-corrected chi connectivity index (χ3v) is 3.46. The Hall–Kier alpha value is -1.59. The second-order valence-corrected chi connectivity index (χ2v) is 4.91. The van der Waals surface area contributed by atoms with Crippen molar-refractivity contribution in [3.05, 3.63) is 70.0 Å². The van der Waals surface area contributed by atoms with Crippen molar-refractivity contribution >= 4 is 11.6 Å². The summed E-state index contributed by atoms with van der Waals surface area (Å²) in [4.78, 5) is 0. The van der Waals surface area contributed by atoms with Crippen LogP contribution in [-0.4, -0.2) is 7.05 Å². The van der Waals surface area contributed by atoms with E-state index in [0.29, 0.717) is 11.1 Å². The molecule has 0 aliphatic rings. The lowest BCUT2D eigenvalue weighted by molar-refractivity contribution is -0.137. The van der Waals surface area contributed by atoms with Crippen LogP contribution in [-0.2, 0) is 6.18 Å². The van der Waals surface area contributed by atoms with Gasteiger partial charge in [-0.2, -0.15) is 13.2 Å². The van der Waals surface area contributed by atoms with E-state index in [9.17, 15) is 17.6 Å². The summed E-state index contributed by atoms with van der Waals surface area (Å²) in [6, 6.07) is 8.30. The van der Waals surface area contributed by atoms with Crippen LogP contribution in [0.25, 0.3) is 0 Å². The highest BCUT2D eigenvalue weighted by molar-refractivity contribution is 6.31. The summed E-state index contributed by atoms with van der Waals surface area (Å²) in [5, 5.41) is 3.18. The van der Waals surface area contributed by atoms with E-state index in [1.165, 1.54) is 30.3 Å². The lowest BCUT2D eigenvalue weighted by Crippen LogP contribution is -2.18. The SMILES string of the molecule is CNC(c1ccc(C(F)(F)F)cc1)c1ccc(F)cc1Cl. The first kappa shape index (κ1) is 15.8. The zero-order valence-corrected chi connectivity index (χ0v) is 11.8. The van der Waals surface area contributed by atoms with Crippen molar-refractivity contribution in [2.45, 2.75) is 12.2 Å². The Labute approximate surface area is 124 Å². The van der Waals surface area contributed by atoms with E-state index in [0.717, 1.165) is 12.1 Å². The van der Waals surface area contributed by atoms with Crippen LogP contribution in [0.4, 0.5) is 17.6 Å². The van der Waals surface area contributed by atoms with Crippen LogP contribution >= 0.6 is 11.6 Å².